The lowest BCUT2D eigenvalue weighted by Crippen LogP contribution is -2.45. The Bertz CT molecular complexity index is 984. The highest BCUT2D eigenvalue weighted by Crippen LogP contribution is 2.24. The number of likely N-dealkylation sites (N-methyl/N-ethyl adjacent to an activating group) is 1. The van der Waals surface area contributed by atoms with Gasteiger partial charge in [0.15, 0.2) is 0 Å². The van der Waals surface area contributed by atoms with Crippen LogP contribution in [0.15, 0.2) is 36.5 Å². The zero-order chi connectivity index (χ0) is 20.2. The summed E-state index contributed by atoms with van der Waals surface area (Å²) in [5, 5.41) is 5.31. The van der Waals surface area contributed by atoms with Crippen molar-refractivity contribution in [3.05, 3.63) is 53.1 Å². The van der Waals surface area contributed by atoms with Gasteiger partial charge in [-0.1, -0.05) is 11.6 Å². The zero-order valence-corrected chi connectivity index (χ0v) is 17.8. The molecule has 29 heavy (non-hydrogen) atoms. The van der Waals surface area contributed by atoms with Gasteiger partial charge in [0.1, 0.15) is 11.6 Å². The number of halogens is 1. The summed E-state index contributed by atoms with van der Waals surface area (Å²) >= 11 is 6.07. The summed E-state index contributed by atoms with van der Waals surface area (Å²) in [4.78, 5) is 18.6. The fourth-order valence-corrected chi connectivity index (χ4v) is 3.83. The summed E-state index contributed by atoms with van der Waals surface area (Å²) in [5.41, 5.74) is 3.02. The van der Waals surface area contributed by atoms with E-state index in [2.05, 4.69) is 45.1 Å². The normalized spacial score (nSPS) is 15.1. The molecule has 1 fully saturated rings. The molecule has 0 spiro atoms. The number of nitrogens with zero attached hydrogens (tertiary/aromatic N) is 5. The van der Waals surface area contributed by atoms with E-state index < -0.39 is 0 Å². The van der Waals surface area contributed by atoms with Gasteiger partial charge < -0.3 is 15.1 Å². The van der Waals surface area contributed by atoms with E-state index in [-0.39, 0.29) is 0 Å². The molecule has 152 valence electrons. The average molecular weight is 411 g/mol. The van der Waals surface area contributed by atoms with Crippen LogP contribution in [0.3, 0.4) is 0 Å². The van der Waals surface area contributed by atoms with E-state index in [1.165, 1.54) is 0 Å². The first-order valence-electron chi connectivity index (χ1n) is 10.1. The number of benzene rings is 1. The molecule has 0 unspecified atom stereocenters. The second-order valence-electron chi connectivity index (χ2n) is 7.62. The predicted molar refractivity (Wildman–Crippen MR) is 120 cm³/mol. The maximum Gasteiger partial charge on any atom is 0.132 e. The van der Waals surface area contributed by atoms with E-state index in [0.717, 1.165) is 79.5 Å². The Morgan fingerprint density at radius 2 is 1.90 bits per heavy atom. The van der Waals surface area contributed by atoms with Crippen molar-refractivity contribution in [3.8, 4) is 0 Å². The molecule has 0 saturated carbocycles. The second kappa shape index (κ2) is 8.93. The molecule has 0 amide bonds. The molecule has 0 bridgehead atoms. The van der Waals surface area contributed by atoms with Gasteiger partial charge in [-0.25, -0.2) is 9.97 Å². The van der Waals surface area contributed by atoms with Crippen LogP contribution in [0, 0.1) is 6.92 Å². The zero-order valence-electron chi connectivity index (χ0n) is 17.0. The number of piperazine rings is 1. The highest BCUT2D eigenvalue weighted by Gasteiger charge is 2.16. The Balaban J connectivity index is 1.36. The summed E-state index contributed by atoms with van der Waals surface area (Å²) in [6.07, 6.45) is 3.63. The molecule has 1 saturated heterocycles. The number of anilines is 2. The van der Waals surface area contributed by atoms with Crippen molar-refractivity contribution < 1.29 is 0 Å². The lowest BCUT2D eigenvalue weighted by Gasteiger charge is -2.33. The fraction of sp³-hybridized carbons (Fsp3) is 0.409. The van der Waals surface area contributed by atoms with Crippen LogP contribution in [-0.2, 0) is 6.42 Å². The smallest absolute Gasteiger partial charge is 0.132 e. The van der Waals surface area contributed by atoms with Gasteiger partial charge in [0, 0.05) is 73.2 Å². The summed E-state index contributed by atoms with van der Waals surface area (Å²) in [6.45, 7) is 7.10. The molecular formula is C22H27ClN6. The Morgan fingerprint density at radius 3 is 2.72 bits per heavy atom. The minimum atomic E-state index is 0.704. The topological polar surface area (TPSA) is 57.2 Å². The third-order valence-corrected chi connectivity index (χ3v) is 5.55. The summed E-state index contributed by atoms with van der Waals surface area (Å²) in [5.74, 6) is 1.98. The number of aromatic nitrogens is 3. The van der Waals surface area contributed by atoms with Gasteiger partial charge in [-0.05, 0) is 44.7 Å². The molecule has 3 heterocycles. The number of fused-ring (bicyclic) bond motifs is 1. The van der Waals surface area contributed by atoms with E-state index in [9.17, 15) is 0 Å². The summed E-state index contributed by atoms with van der Waals surface area (Å²) < 4.78 is 0. The van der Waals surface area contributed by atoms with E-state index in [1.807, 2.05) is 30.5 Å². The van der Waals surface area contributed by atoms with Crippen LogP contribution in [0.5, 0.6) is 0 Å². The quantitative estimate of drug-likeness (QED) is 0.624. The lowest BCUT2D eigenvalue weighted by atomic mass is 10.2. The molecule has 1 N–H and O–H groups in total. The van der Waals surface area contributed by atoms with Gasteiger partial charge in [-0.15, -0.1) is 0 Å². The molecule has 7 heteroatoms. The van der Waals surface area contributed by atoms with Crippen molar-refractivity contribution in [3.63, 3.8) is 0 Å². The molecule has 0 atom stereocenters. The molecule has 0 radical (unpaired) electrons. The summed E-state index contributed by atoms with van der Waals surface area (Å²) in [7, 11) is 2.17. The largest absolute Gasteiger partial charge is 0.384 e. The maximum atomic E-state index is 6.07. The highest BCUT2D eigenvalue weighted by molar-refractivity contribution is 6.31. The first-order valence-corrected chi connectivity index (χ1v) is 10.5. The molecule has 1 aliphatic heterocycles. The molecular weight excluding hydrogens is 384 g/mol. The Morgan fingerprint density at radius 1 is 1.07 bits per heavy atom. The molecule has 6 nitrogen and oxygen atoms in total. The number of aryl methyl sites for hydroxylation is 2. The van der Waals surface area contributed by atoms with Gasteiger partial charge in [-0.2, -0.15) is 0 Å². The minimum absolute atomic E-state index is 0.704. The predicted octanol–water partition coefficient (Wildman–Crippen LogP) is 3.78. The number of pyridine rings is 1. The third-order valence-electron chi connectivity index (χ3n) is 5.31. The first kappa shape index (κ1) is 19.9. The second-order valence-corrected chi connectivity index (χ2v) is 8.06. The monoisotopic (exact) mass is 410 g/mol. The first-order chi connectivity index (χ1) is 14.1. The Labute approximate surface area is 176 Å². The SMILES string of the molecule is Cc1cc(N2CCN(C)CC2)nc(CCCNc2ccnc3cc(Cl)ccc23)n1. The average Bonchev–Trinajstić information content (AvgIpc) is 2.71. The van der Waals surface area contributed by atoms with Gasteiger partial charge in [-0.3, -0.25) is 4.98 Å². The van der Waals surface area contributed by atoms with Crippen molar-refractivity contribution >= 4 is 34.0 Å². The van der Waals surface area contributed by atoms with Gasteiger partial charge in [0.25, 0.3) is 0 Å². The fourth-order valence-electron chi connectivity index (χ4n) is 3.67. The molecule has 0 aliphatic carbocycles. The van der Waals surface area contributed by atoms with Crippen LogP contribution in [0.25, 0.3) is 10.9 Å². The molecule has 4 rings (SSSR count). The van der Waals surface area contributed by atoms with Crippen molar-refractivity contribution in [2.24, 2.45) is 0 Å². The minimum Gasteiger partial charge on any atom is -0.384 e. The molecule has 1 aliphatic rings. The van der Waals surface area contributed by atoms with Crippen molar-refractivity contribution in [2.75, 3.05) is 50.0 Å². The van der Waals surface area contributed by atoms with Crippen molar-refractivity contribution in [1.82, 2.24) is 19.9 Å². The Hall–Kier alpha value is -2.44. The number of hydrogen-bond acceptors (Lipinski definition) is 6. The Kier molecular flexibility index (Phi) is 6.11. The lowest BCUT2D eigenvalue weighted by molar-refractivity contribution is 0.312. The van der Waals surface area contributed by atoms with Gasteiger partial charge in [0.05, 0.1) is 5.52 Å². The number of rotatable bonds is 6. The molecule has 3 aromatic rings. The van der Waals surface area contributed by atoms with E-state index in [4.69, 9.17) is 16.6 Å². The molecule has 2 aromatic heterocycles. The molecule has 1 aromatic carbocycles. The number of hydrogen-bond donors (Lipinski definition) is 1. The number of nitrogens with one attached hydrogen (secondary N) is 1. The van der Waals surface area contributed by atoms with Crippen LogP contribution in [0.1, 0.15) is 17.9 Å². The third kappa shape index (κ3) is 4.95. The van der Waals surface area contributed by atoms with Crippen LogP contribution >= 0.6 is 11.6 Å². The highest BCUT2D eigenvalue weighted by atomic mass is 35.5. The van der Waals surface area contributed by atoms with Crippen LogP contribution in [0.4, 0.5) is 11.5 Å². The van der Waals surface area contributed by atoms with Crippen LogP contribution in [0.2, 0.25) is 5.02 Å². The van der Waals surface area contributed by atoms with E-state index in [0.29, 0.717) is 5.02 Å². The van der Waals surface area contributed by atoms with E-state index >= 15 is 0 Å². The maximum absolute atomic E-state index is 6.07. The van der Waals surface area contributed by atoms with Crippen LogP contribution < -0.4 is 10.2 Å². The summed E-state index contributed by atoms with van der Waals surface area (Å²) in [6, 6.07) is 9.91. The van der Waals surface area contributed by atoms with Gasteiger partial charge in [0.2, 0.25) is 0 Å². The van der Waals surface area contributed by atoms with Crippen molar-refractivity contribution in [1.29, 1.82) is 0 Å². The van der Waals surface area contributed by atoms with Crippen molar-refractivity contribution in [2.45, 2.75) is 19.8 Å². The van der Waals surface area contributed by atoms with E-state index in [1.54, 1.807) is 0 Å². The standard InChI is InChI=1S/C22H27ClN6/c1-16-14-22(29-12-10-28(2)11-13-29)27-21(26-16)4-3-8-24-19-7-9-25-20-15-17(23)5-6-18(19)20/h5-7,9,14-15H,3-4,8,10-13H2,1-2H3,(H,24,25). The van der Waals surface area contributed by atoms with Crippen LogP contribution in [-0.4, -0.2) is 59.6 Å². The van der Waals surface area contributed by atoms with Gasteiger partial charge >= 0.3 is 0 Å².